The Hall–Kier alpha value is -0.930. The molecule has 0 saturated carbocycles. The summed E-state index contributed by atoms with van der Waals surface area (Å²) >= 11 is 0. The molecule has 17 heavy (non-hydrogen) atoms. The molecule has 2 N–H and O–H groups in total. The van der Waals surface area contributed by atoms with E-state index in [1.54, 1.807) is 12.1 Å². The summed E-state index contributed by atoms with van der Waals surface area (Å²) in [5.41, 5.74) is 7.82. The second-order valence-corrected chi connectivity index (χ2v) is 5.46. The first-order valence-electron chi connectivity index (χ1n) is 5.92. The number of halogens is 1. The normalized spacial score (nSPS) is 13.8. The fourth-order valence-corrected chi connectivity index (χ4v) is 1.56. The highest BCUT2D eigenvalue weighted by molar-refractivity contribution is 5.27. The van der Waals surface area contributed by atoms with Crippen molar-refractivity contribution in [1.82, 2.24) is 0 Å². The van der Waals surface area contributed by atoms with Crippen LogP contribution < -0.4 is 5.73 Å². The summed E-state index contributed by atoms with van der Waals surface area (Å²) in [7, 11) is 0. The standard InChI is InChI=1S/C14H22FNO/c1-10-5-6-12(15)7-11(10)8-13(16)9-17-14(2,3)4/h5-7,13H,8-9,16H2,1-4H3. The quantitative estimate of drug-likeness (QED) is 0.877. The zero-order valence-corrected chi connectivity index (χ0v) is 11.1. The Morgan fingerprint density at radius 3 is 2.59 bits per heavy atom. The Morgan fingerprint density at radius 2 is 2.00 bits per heavy atom. The third-order valence-corrected chi connectivity index (χ3v) is 2.52. The zero-order chi connectivity index (χ0) is 13.1. The molecule has 1 rings (SSSR count). The Kier molecular flexibility index (Phi) is 4.66. The van der Waals surface area contributed by atoms with Crippen LogP contribution in [0.2, 0.25) is 0 Å². The molecule has 2 nitrogen and oxygen atoms in total. The molecule has 0 spiro atoms. The molecule has 96 valence electrons. The second-order valence-electron chi connectivity index (χ2n) is 5.46. The molecule has 0 aliphatic heterocycles. The first kappa shape index (κ1) is 14.1. The second kappa shape index (κ2) is 5.61. The van der Waals surface area contributed by atoms with E-state index in [0.717, 1.165) is 11.1 Å². The number of rotatable bonds is 4. The molecule has 0 amide bonds. The van der Waals surface area contributed by atoms with Crippen LogP contribution in [-0.2, 0) is 11.2 Å². The van der Waals surface area contributed by atoms with Crippen molar-refractivity contribution < 1.29 is 9.13 Å². The zero-order valence-electron chi connectivity index (χ0n) is 11.1. The molecule has 0 aromatic heterocycles. The van der Waals surface area contributed by atoms with Crippen LogP contribution in [0.1, 0.15) is 31.9 Å². The summed E-state index contributed by atoms with van der Waals surface area (Å²) in [6.07, 6.45) is 0.639. The summed E-state index contributed by atoms with van der Waals surface area (Å²) in [5.74, 6) is -0.213. The van der Waals surface area contributed by atoms with Gasteiger partial charge in [-0.15, -0.1) is 0 Å². The van der Waals surface area contributed by atoms with E-state index in [2.05, 4.69) is 0 Å². The smallest absolute Gasteiger partial charge is 0.123 e. The van der Waals surface area contributed by atoms with E-state index >= 15 is 0 Å². The largest absolute Gasteiger partial charge is 0.374 e. The lowest BCUT2D eigenvalue weighted by Crippen LogP contribution is -2.33. The first-order chi connectivity index (χ1) is 7.78. The van der Waals surface area contributed by atoms with E-state index in [1.165, 1.54) is 6.07 Å². The maximum atomic E-state index is 13.1. The monoisotopic (exact) mass is 239 g/mol. The van der Waals surface area contributed by atoms with Gasteiger partial charge in [-0.3, -0.25) is 0 Å². The molecular formula is C14H22FNO. The summed E-state index contributed by atoms with van der Waals surface area (Å²) in [5, 5.41) is 0. The maximum absolute atomic E-state index is 13.1. The van der Waals surface area contributed by atoms with Gasteiger partial charge in [-0.1, -0.05) is 6.07 Å². The minimum atomic E-state index is -0.213. The van der Waals surface area contributed by atoms with Gasteiger partial charge in [-0.2, -0.15) is 0 Å². The number of ether oxygens (including phenoxy) is 1. The molecule has 0 fully saturated rings. The molecule has 0 aliphatic carbocycles. The van der Waals surface area contributed by atoms with Crippen molar-refractivity contribution in [3.63, 3.8) is 0 Å². The van der Waals surface area contributed by atoms with Gasteiger partial charge in [-0.05, 0) is 57.4 Å². The Balaban J connectivity index is 2.56. The molecular weight excluding hydrogens is 217 g/mol. The molecule has 0 heterocycles. The third-order valence-electron chi connectivity index (χ3n) is 2.52. The number of nitrogens with two attached hydrogens (primary N) is 1. The molecule has 0 bridgehead atoms. The number of hydrogen-bond donors (Lipinski definition) is 1. The van der Waals surface area contributed by atoms with E-state index < -0.39 is 0 Å². The predicted molar refractivity (Wildman–Crippen MR) is 68.5 cm³/mol. The lowest BCUT2D eigenvalue weighted by atomic mass is 10.0. The van der Waals surface area contributed by atoms with Crippen LogP contribution in [0.4, 0.5) is 4.39 Å². The molecule has 3 heteroatoms. The minimum Gasteiger partial charge on any atom is -0.374 e. The average Bonchev–Trinajstić information content (AvgIpc) is 2.20. The van der Waals surface area contributed by atoms with Crippen LogP contribution in [-0.4, -0.2) is 18.2 Å². The van der Waals surface area contributed by atoms with Crippen molar-refractivity contribution in [1.29, 1.82) is 0 Å². The summed E-state index contributed by atoms with van der Waals surface area (Å²) < 4.78 is 18.7. The van der Waals surface area contributed by atoms with Crippen molar-refractivity contribution in [2.45, 2.75) is 45.8 Å². The number of aryl methyl sites for hydroxylation is 1. The van der Waals surface area contributed by atoms with Crippen LogP contribution in [0.3, 0.4) is 0 Å². The van der Waals surface area contributed by atoms with Crippen molar-refractivity contribution in [3.8, 4) is 0 Å². The maximum Gasteiger partial charge on any atom is 0.123 e. The molecule has 0 saturated heterocycles. The van der Waals surface area contributed by atoms with Crippen molar-refractivity contribution >= 4 is 0 Å². The van der Waals surface area contributed by atoms with Crippen molar-refractivity contribution in [2.75, 3.05) is 6.61 Å². The van der Waals surface area contributed by atoms with Crippen LogP contribution in [0.15, 0.2) is 18.2 Å². The number of benzene rings is 1. The van der Waals surface area contributed by atoms with Gasteiger partial charge in [0.05, 0.1) is 12.2 Å². The van der Waals surface area contributed by atoms with E-state index in [-0.39, 0.29) is 17.5 Å². The predicted octanol–water partition coefficient (Wildman–Crippen LogP) is 2.82. The minimum absolute atomic E-state index is 0.102. The molecule has 1 aromatic rings. The fraction of sp³-hybridized carbons (Fsp3) is 0.571. The van der Waals surface area contributed by atoms with E-state index in [1.807, 2.05) is 27.7 Å². The summed E-state index contributed by atoms with van der Waals surface area (Å²) in [6.45, 7) is 8.43. The van der Waals surface area contributed by atoms with Gasteiger partial charge < -0.3 is 10.5 Å². The Labute approximate surface area is 103 Å². The Bertz CT molecular complexity index is 371. The van der Waals surface area contributed by atoms with Crippen LogP contribution in [0.25, 0.3) is 0 Å². The molecule has 0 radical (unpaired) electrons. The molecule has 1 aromatic carbocycles. The van der Waals surface area contributed by atoms with Gasteiger partial charge in [0.15, 0.2) is 0 Å². The number of hydrogen-bond acceptors (Lipinski definition) is 2. The van der Waals surface area contributed by atoms with Gasteiger partial charge >= 0.3 is 0 Å². The fourth-order valence-electron chi connectivity index (χ4n) is 1.56. The van der Waals surface area contributed by atoms with E-state index in [0.29, 0.717) is 13.0 Å². The summed E-state index contributed by atoms with van der Waals surface area (Å²) in [4.78, 5) is 0. The highest BCUT2D eigenvalue weighted by Gasteiger charge is 2.14. The highest BCUT2D eigenvalue weighted by atomic mass is 19.1. The highest BCUT2D eigenvalue weighted by Crippen LogP contribution is 2.13. The van der Waals surface area contributed by atoms with Gasteiger partial charge in [0.25, 0.3) is 0 Å². The van der Waals surface area contributed by atoms with Crippen molar-refractivity contribution in [2.24, 2.45) is 5.73 Å². The molecule has 1 unspecified atom stereocenters. The van der Waals surface area contributed by atoms with Gasteiger partial charge in [-0.25, -0.2) is 4.39 Å². The third kappa shape index (κ3) is 5.29. The lowest BCUT2D eigenvalue weighted by molar-refractivity contribution is -0.00985. The SMILES string of the molecule is Cc1ccc(F)cc1CC(N)COC(C)(C)C. The van der Waals surface area contributed by atoms with E-state index in [4.69, 9.17) is 10.5 Å². The van der Waals surface area contributed by atoms with Crippen LogP contribution in [0.5, 0.6) is 0 Å². The first-order valence-corrected chi connectivity index (χ1v) is 5.92. The van der Waals surface area contributed by atoms with Crippen LogP contribution in [0, 0.1) is 12.7 Å². The average molecular weight is 239 g/mol. The topological polar surface area (TPSA) is 35.2 Å². The summed E-state index contributed by atoms with van der Waals surface area (Å²) in [6, 6.07) is 4.69. The van der Waals surface area contributed by atoms with Gasteiger partial charge in [0.2, 0.25) is 0 Å². The van der Waals surface area contributed by atoms with Crippen molar-refractivity contribution in [3.05, 3.63) is 35.1 Å². The van der Waals surface area contributed by atoms with Crippen LogP contribution >= 0.6 is 0 Å². The van der Waals surface area contributed by atoms with Gasteiger partial charge in [0, 0.05) is 6.04 Å². The Morgan fingerprint density at radius 1 is 1.35 bits per heavy atom. The lowest BCUT2D eigenvalue weighted by Gasteiger charge is -2.22. The molecule has 0 aliphatic rings. The molecule has 1 atom stereocenters. The van der Waals surface area contributed by atoms with E-state index in [9.17, 15) is 4.39 Å². The van der Waals surface area contributed by atoms with Gasteiger partial charge in [0.1, 0.15) is 5.82 Å².